The number of halogens is 1. The van der Waals surface area contributed by atoms with Crippen LogP contribution in [0.15, 0.2) is 47.2 Å². The molecule has 4 aliphatic rings. The van der Waals surface area contributed by atoms with E-state index in [1.807, 2.05) is 12.1 Å². The Morgan fingerprint density at radius 3 is 2.50 bits per heavy atom. The third-order valence-corrected chi connectivity index (χ3v) is 9.91. The molecule has 0 unspecified atom stereocenters. The lowest BCUT2D eigenvalue weighted by molar-refractivity contribution is -0.153. The molecule has 1 fully saturated rings. The maximum Gasteiger partial charge on any atom is 0.202 e. The van der Waals surface area contributed by atoms with Gasteiger partial charge in [-0.2, -0.15) is 0 Å². The molecule has 1 heterocycles. The van der Waals surface area contributed by atoms with Crippen LogP contribution >= 0.6 is 11.6 Å². The number of phenolic OH excluding ortho intramolecular Hbond substituents is 1. The fraction of sp³-hybridized carbons (Fsp3) is 0.406. The van der Waals surface area contributed by atoms with Gasteiger partial charge >= 0.3 is 0 Å². The van der Waals surface area contributed by atoms with Crippen LogP contribution in [0.3, 0.4) is 0 Å². The lowest BCUT2D eigenvalue weighted by atomic mass is 9.57. The number of likely N-dealkylation sites (N-methyl/N-ethyl adjacent to an activating group) is 1. The minimum atomic E-state index is -2.59. The Balaban J connectivity index is 1.42. The molecule has 220 valence electrons. The zero-order valence-electron chi connectivity index (χ0n) is 23.6. The standard InChI is InChI=1S/C32H33ClN2O7/c1-15(36)23-29(39)27(34(2)3)21-11-18-10-20-25(28(38)24(18)31(41)32(21,42)30(23)40)22(37)12-19(26(20)33)14-35-9-8-16-6-4-5-7-17(16)13-35/h4-7,12,18,21,27,37-38,40,42H,8-11,13-14H2,1-3H3/t18-,21-,27-,32+/m0/s1. The number of carbonyl (C=O) groups excluding carboxylic acids is 3. The van der Waals surface area contributed by atoms with Gasteiger partial charge in [0.25, 0.3) is 0 Å². The maximum atomic E-state index is 14.0. The van der Waals surface area contributed by atoms with Crippen molar-refractivity contribution in [2.75, 3.05) is 20.6 Å². The predicted molar refractivity (Wildman–Crippen MR) is 155 cm³/mol. The van der Waals surface area contributed by atoms with Crippen molar-refractivity contribution in [1.82, 2.24) is 9.80 Å². The van der Waals surface area contributed by atoms with E-state index in [9.17, 15) is 34.8 Å². The number of hydrogen-bond acceptors (Lipinski definition) is 9. The van der Waals surface area contributed by atoms with E-state index in [2.05, 4.69) is 17.0 Å². The van der Waals surface area contributed by atoms with Crippen molar-refractivity contribution < 1.29 is 34.8 Å². The first-order valence-electron chi connectivity index (χ1n) is 14.0. The second-order valence-corrected chi connectivity index (χ2v) is 12.5. The van der Waals surface area contributed by atoms with Gasteiger partial charge < -0.3 is 20.4 Å². The van der Waals surface area contributed by atoms with E-state index in [1.54, 1.807) is 14.1 Å². The second-order valence-electron chi connectivity index (χ2n) is 12.1. The van der Waals surface area contributed by atoms with Crippen molar-refractivity contribution in [3.05, 3.63) is 80.1 Å². The lowest BCUT2D eigenvalue weighted by Gasteiger charge is -2.50. The predicted octanol–water partition coefficient (Wildman–Crippen LogP) is 3.28. The van der Waals surface area contributed by atoms with E-state index >= 15 is 0 Å². The van der Waals surface area contributed by atoms with Crippen molar-refractivity contribution >= 4 is 34.7 Å². The number of aliphatic hydroxyl groups is 3. The maximum absolute atomic E-state index is 14.0. The molecule has 3 aliphatic carbocycles. The molecule has 0 aromatic heterocycles. The number of hydrogen-bond donors (Lipinski definition) is 4. The topological polar surface area (TPSA) is 139 Å². The monoisotopic (exact) mass is 592 g/mol. The van der Waals surface area contributed by atoms with Gasteiger partial charge in [0.15, 0.2) is 17.2 Å². The number of nitrogens with zero attached hydrogens (tertiary/aromatic N) is 2. The molecule has 1 saturated carbocycles. The summed E-state index contributed by atoms with van der Waals surface area (Å²) in [6, 6.07) is 8.70. The highest BCUT2D eigenvalue weighted by molar-refractivity contribution is 6.32. The molecule has 9 nitrogen and oxygen atoms in total. The van der Waals surface area contributed by atoms with Crippen LogP contribution in [0.5, 0.6) is 5.75 Å². The molecule has 0 spiro atoms. The molecule has 2 aromatic carbocycles. The van der Waals surface area contributed by atoms with Gasteiger partial charge in [0.1, 0.15) is 22.8 Å². The average molecular weight is 593 g/mol. The molecule has 4 atom stereocenters. The van der Waals surface area contributed by atoms with Crippen molar-refractivity contribution in [2.24, 2.45) is 11.8 Å². The molecular weight excluding hydrogens is 560 g/mol. The first-order valence-corrected chi connectivity index (χ1v) is 14.4. The van der Waals surface area contributed by atoms with Gasteiger partial charge in [-0.25, -0.2) is 0 Å². The van der Waals surface area contributed by atoms with Crippen molar-refractivity contribution in [3.63, 3.8) is 0 Å². The van der Waals surface area contributed by atoms with Crippen LogP contribution in [0.1, 0.15) is 41.2 Å². The average Bonchev–Trinajstić information content (AvgIpc) is 2.93. The zero-order valence-corrected chi connectivity index (χ0v) is 24.4. The summed E-state index contributed by atoms with van der Waals surface area (Å²) in [5, 5.41) is 45.7. The van der Waals surface area contributed by atoms with Crippen molar-refractivity contribution in [1.29, 1.82) is 0 Å². The highest BCUT2D eigenvalue weighted by Gasteiger charge is 2.64. The van der Waals surface area contributed by atoms with Crippen LogP contribution in [0.2, 0.25) is 5.02 Å². The smallest absolute Gasteiger partial charge is 0.202 e. The summed E-state index contributed by atoms with van der Waals surface area (Å²) >= 11 is 6.94. The van der Waals surface area contributed by atoms with Gasteiger partial charge in [0.2, 0.25) is 5.78 Å². The van der Waals surface area contributed by atoms with E-state index in [1.165, 1.54) is 22.1 Å². The Hall–Kier alpha value is -3.50. The summed E-state index contributed by atoms with van der Waals surface area (Å²) in [7, 11) is 3.21. The van der Waals surface area contributed by atoms with Gasteiger partial charge in [-0.05, 0) is 74.5 Å². The number of phenols is 1. The lowest BCUT2D eigenvalue weighted by Crippen LogP contribution is -2.65. The van der Waals surface area contributed by atoms with E-state index < -0.39 is 57.9 Å². The Bertz CT molecular complexity index is 1630. The normalized spacial score (nSPS) is 27.5. The highest BCUT2D eigenvalue weighted by Crippen LogP contribution is 2.53. The van der Waals surface area contributed by atoms with Crippen molar-refractivity contribution in [2.45, 2.75) is 50.9 Å². The van der Waals surface area contributed by atoms with Crippen LogP contribution in [-0.2, 0) is 40.3 Å². The van der Waals surface area contributed by atoms with Gasteiger partial charge in [0.05, 0.1) is 11.6 Å². The van der Waals surface area contributed by atoms with Crippen LogP contribution in [0.25, 0.3) is 5.76 Å². The number of rotatable bonds is 4. The van der Waals surface area contributed by atoms with E-state index in [0.29, 0.717) is 22.7 Å². The van der Waals surface area contributed by atoms with E-state index in [0.717, 1.165) is 26.4 Å². The van der Waals surface area contributed by atoms with Crippen LogP contribution in [-0.4, -0.2) is 79.9 Å². The molecule has 0 amide bonds. The Morgan fingerprint density at radius 1 is 1.14 bits per heavy atom. The minimum absolute atomic E-state index is 0.0145. The summed E-state index contributed by atoms with van der Waals surface area (Å²) < 4.78 is 0. The molecule has 2 aromatic rings. The number of Topliss-reactive ketones (excluding diaryl/α,β-unsaturated/α-hetero) is 3. The SMILES string of the molecule is CC(=O)C1=C(O)[C@@]2(O)C(=O)C3=C(O)c4c(O)cc(CN5CCc6ccccc6C5)c(Cl)c4C[C@H]3C[C@H]2[C@H](N(C)C)C1=O. The minimum Gasteiger partial charge on any atom is -0.508 e. The number of aromatic hydroxyl groups is 1. The van der Waals surface area contributed by atoms with Crippen LogP contribution in [0.4, 0.5) is 0 Å². The van der Waals surface area contributed by atoms with Gasteiger partial charge in [-0.3, -0.25) is 24.2 Å². The van der Waals surface area contributed by atoms with Crippen molar-refractivity contribution in [3.8, 4) is 5.75 Å². The van der Waals surface area contributed by atoms with Gasteiger partial charge in [-0.1, -0.05) is 35.9 Å². The Morgan fingerprint density at radius 2 is 1.83 bits per heavy atom. The fourth-order valence-electron chi connectivity index (χ4n) is 7.49. The third-order valence-electron chi connectivity index (χ3n) is 9.44. The number of carbonyl (C=O) groups is 3. The van der Waals surface area contributed by atoms with Crippen LogP contribution < -0.4 is 0 Å². The Labute approximate surface area is 248 Å². The number of ketones is 3. The summed E-state index contributed by atoms with van der Waals surface area (Å²) in [5.74, 6) is -5.91. The molecule has 42 heavy (non-hydrogen) atoms. The first kappa shape index (κ1) is 28.6. The summed E-state index contributed by atoms with van der Waals surface area (Å²) in [4.78, 5) is 43.4. The molecule has 6 rings (SSSR count). The number of aliphatic hydroxyl groups excluding tert-OH is 2. The van der Waals surface area contributed by atoms with E-state index in [-0.39, 0.29) is 29.7 Å². The van der Waals surface area contributed by atoms with Gasteiger partial charge in [-0.15, -0.1) is 0 Å². The second kappa shape index (κ2) is 10.1. The molecule has 0 saturated heterocycles. The van der Waals surface area contributed by atoms with Crippen LogP contribution in [0, 0.1) is 11.8 Å². The molecule has 1 aliphatic heterocycles. The summed E-state index contributed by atoms with van der Waals surface area (Å²) in [6.45, 7) is 3.11. The molecular formula is C32H33ClN2O7. The first-order chi connectivity index (χ1) is 19.9. The number of benzene rings is 2. The van der Waals surface area contributed by atoms with E-state index in [4.69, 9.17) is 11.6 Å². The molecule has 0 radical (unpaired) electrons. The summed E-state index contributed by atoms with van der Waals surface area (Å²) in [5.41, 5.74) is 0.371. The molecule has 10 heteroatoms. The zero-order chi connectivity index (χ0) is 30.2. The number of fused-ring (bicyclic) bond motifs is 4. The highest BCUT2D eigenvalue weighted by atomic mass is 35.5. The van der Waals surface area contributed by atoms with Gasteiger partial charge in [0, 0.05) is 36.1 Å². The quantitative estimate of drug-likeness (QED) is 0.394. The summed E-state index contributed by atoms with van der Waals surface area (Å²) in [6.07, 6.45) is 1.12. The Kier molecular flexibility index (Phi) is 6.85. The largest absolute Gasteiger partial charge is 0.508 e. The fourth-order valence-corrected chi connectivity index (χ4v) is 7.78. The third kappa shape index (κ3) is 4.06. The molecule has 0 bridgehead atoms. The molecule has 4 N–H and O–H groups in total.